The van der Waals surface area contributed by atoms with Crippen LogP contribution in [-0.2, 0) is 0 Å². The van der Waals surface area contributed by atoms with E-state index < -0.39 is 0 Å². The molecule has 0 aromatic carbocycles. The van der Waals surface area contributed by atoms with Crippen molar-refractivity contribution in [2.45, 2.75) is 32.6 Å². The number of rotatable bonds is 5. The van der Waals surface area contributed by atoms with Crippen molar-refractivity contribution in [1.82, 2.24) is 10.3 Å². The number of aromatic nitrogens is 1. The molecule has 18 heavy (non-hydrogen) atoms. The SMILES string of the molecule is CCCCNC(=O)c1cncc(N2CCCC2)c1. The van der Waals surface area contributed by atoms with Crippen LogP contribution in [0.3, 0.4) is 0 Å². The van der Waals surface area contributed by atoms with E-state index >= 15 is 0 Å². The van der Waals surface area contributed by atoms with Gasteiger partial charge in [0.1, 0.15) is 0 Å². The monoisotopic (exact) mass is 247 g/mol. The predicted octanol–water partition coefficient (Wildman–Crippen LogP) is 2.21. The minimum Gasteiger partial charge on any atom is -0.370 e. The zero-order valence-electron chi connectivity index (χ0n) is 11.0. The molecule has 2 heterocycles. The Morgan fingerprint density at radius 1 is 1.39 bits per heavy atom. The number of pyridine rings is 1. The molecule has 1 aliphatic rings. The lowest BCUT2D eigenvalue weighted by atomic mass is 10.2. The van der Waals surface area contributed by atoms with Gasteiger partial charge in [0, 0.05) is 25.8 Å². The van der Waals surface area contributed by atoms with Gasteiger partial charge in [0.05, 0.1) is 17.4 Å². The van der Waals surface area contributed by atoms with Crippen LogP contribution >= 0.6 is 0 Å². The Bertz CT molecular complexity index is 400. The van der Waals surface area contributed by atoms with Gasteiger partial charge in [-0.15, -0.1) is 0 Å². The van der Waals surface area contributed by atoms with E-state index in [-0.39, 0.29) is 5.91 Å². The Morgan fingerprint density at radius 3 is 2.89 bits per heavy atom. The third kappa shape index (κ3) is 3.22. The molecule has 1 amide bonds. The molecular weight excluding hydrogens is 226 g/mol. The summed E-state index contributed by atoms with van der Waals surface area (Å²) in [5.74, 6) is -0.0167. The second kappa shape index (κ2) is 6.38. The molecule has 4 nitrogen and oxygen atoms in total. The number of hydrogen-bond acceptors (Lipinski definition) is 3. The second-order valence-electron chi connectivity index (χ2n) is 4.74. The van der Waals surface area contributed by atoms with E-state index in [9.17, 15) is 4.79 Å². The van der Waals surface area contributed by atoms with Crippen molar-refractivity contribution in [3.8, 4) is 0 Å². The van der Waals surface area contributed by atoms with E-state index in [4.69, 9.17) is 0 Å². The van der Waals surface area contributed by atoms with Gasteiger partial charge >= 0.3 is 0 Å². The first-order chi connectivity index (χ1) is 8.81. The highest BCUT2D eigenvalue weighted by atomic mass is 16.1. The molecule has 98 valence electrons. The largest absolute Gasteiger partial charge is 0.370 e. The normalized spacial score (nSPS) is 14.8. The molecule has 1 aliphatic heterocycles. The molecule has 1 N–H and O–H groups in total. The van der Waals surface area contributed by atoms with E-state index in [1.54, 1.807) is 6.20 Å². The third-order valence-corrected chi connectivity index (χ3v) is 3.27. The number of anilines is 1. The molecule has 0 bridgehead atoms. The van der Waals surface area contributed by atoms with Crippen LogP contribution in [0.2, 0.25) is 0 Å². The Hall–Kier alpha value is -1.58. The summed E-state index contributed by atoms with van der Waals surface area (Å²) in [6.07, 6.45) is 8.05. The molecule has 2 rings (SSSR count). The summed E-state index contributed by atoms with van der Waals surface area (Å²) in [6, 6.07) is 1.94. The van der Waals surface area contributed by atoms with E-state index in [2.05, 4.69) is 22.1 Å². The second-order valence-corrected chi connectivity index (χ2v) is 4.74. The molecule has 1 aromatic heterocycles. The van der Waals surface area contributed by atoms with Gasteiger partial charge in [-0.05, 0) is 25.3 Å². The topological polar surface area (TPSA) is 45.2 Å². The van der Waals surface area contributed by atoms with E-state index in [0.29, 0.717) is 5.56 Å². The van der Waals surface area contributed by atoms with Crippen LogP contribution in [0.5, 0.6) is 0 Å². The van der Waals surface area contributed by atoms with Crippen LogP contribution in [0.25, 0.3) is 0 Å². The highest BCUT2D eigenvalue weighted by Crippen LogP contribution is 2.19. The molecule has 4 heteroatoms. The molecule has 1 fully saturated rings. The lowest BCUT2D eigenvalue weighted by molar-refractivity contribution is 0.0953. The average molecular weight is 247 g/mol. The summed E-state index contributed by atoms with van der Waals surface area (Å²) >= 11 is 0. The van der Waals surface area contributed by atoms with Gasteiger partial charge in [-0.3, -0.25) is 9.78 Å². The predicted molar refractivity (Wildman–Crippen MR) is 72.9 cm³/mol. The quantitative estimate of drug-likeness (QED) is 0.811. The summed E-state index contributed by atoms with van der Waals surface area (Å²) in [5, 5.41) is 2.92. The Morgan fingerprint density at radius 2 is 2.17 bits per heavy atom. The van der Waals surface area contributed by atoms with Crippen LogP contribution in [0.1, 0.15) is 43.0 Å². The van der Waals surface area contributed by atoms with Gasteiger partial charge in [-0.2, -0.15) is 0 Å². The van der Waals surface area contributed by atoms with Crippen LogP contribution < -0.4 is 10.2 Å². The molecule has 0 saturated carbocycles. The minimum atomic E-state index is -0.0167. The number of carbonyl (C=O) groups excluding carboxylic acids is 1. The van der Waals surface area contributed by atoms with Gasteiger partial charge in [-0.1, -0.05) is 13.3 Å². The number of amides is 1. The van der Waals surface area contributed by atoms with Gasteiger partial charge < -0.3 is 10.2 Å². The summed E-state index contributed by atoms with van der Waals surface area (Å²) in [5.41, 5.74) is 1.73. The molecule has 0 aliphatic carbocycles. The van der Waals surface area contributed by atoms with Gasteiger partial charge in [-0.25, -0.2) is 0 Å². The summed E-state index contributed by atoms with van der Waals surface area (Å²) < 4.78 is 0. The maximum Gasteiger partial charge on any atom is 0.252 e. The van der Waals surface area contributed by atoms with Crippen LogP contribution in [0.15, 0.2) is 18.5 Å². The number of nitrogens with one attached hydrogen (secondary N) is 1. The maximum absolute atomic E-state index is 11.9. The molecule has 0 unspecified atom stereocenters. The van der Waals surface area contributed by atoms with Gasteiger partial charge in [0.25, 0.3) is 5.91 Å². The fourth-order valence-corrected chi connectivity index (χ4v) is 2.18. The van der Waals surface area contributed by atoms with Crippen molar-refractivity contribution in [1.29, 1.82) is 0 Å². The van der Waals surface area contributed by atoms with Gasteiger partial charge in [0.2, 0.25) is 0 Å². The van der Waals surface area contributed by atoms with E-state index in [1.165, 1.54) is 12.8 Å². The fraction of sp³-hybridized carbons (Fsp3) is 0.571. The summed E-state index contributed by atoms with van der Waals surface area (Å²) in [4.78, 5) is 18.4. The number of unbranched alkanes of at least 4 members (excludes halogenated alkanes) is 1. The molecule has 1 aromatic rings. The number of nitrogens with zero attached hydrogens (tertiary/aromatic N) is 2. The smallest absolute Gasteiger partial charge is 0.252 e. The van der Waals surface area contributed by atoms with Crippen LogP contribution in [0.4, 0.5) is 5.69 Å². The lowest BCUT2D eigenvalue weighted by Gasteiger charge is -2.17. The van der Waals surface area contributed by atoms with Crippen molar-refractivity contribution in [3.05, 3.63) is 24.0 Å². The first-order valence-electron chi connectivity index (χ1n) is 6.79. The highest BCUT2D eigenvalue weighted by Gasteiger charge is 2.14. The van der Waals surface area contributed by atoms with Crippen molar-refractivity contribution < 1.29 is 4.79 Å². The standard InChI is InChI=1S/C14H21N3O/c1-2-3-6-16-14(18)12-9-13(11-15-10-12)17-7-4-5-8-17/h9-11H,2-8H2,1H3,(H,16,18). The van der Waals surface area contributed by atoms with Crippen molar-refractivity contribution in [2.24, 2.45) is 0 Å². The number of carbonyl (C=O) groups is 1. The average Bonchev–Trinajstić information content (AvgIpc) is 2.93. The molecule has 0 spiro atoms. The minimum absolute atomic E-state index is 0.0167. The van der Waals surface area contributed by atoms with E-state index in [0.717, 1.165) is 38.2 Å². The van der Waals surface area contributed by atoms with Crippen molar-refractivity contribution in [3.63, 3.8) is 0 Å². The highest BCUT2D eigenvalue weighted by molar-refractivity contribution is 5.94. The zero-order valence-corrected chi connectivity index (χ0v) is 11.0. The molecule has 0 atom stereocenters. The lowest BCUT2D eigenvalue weighted by Crippen LogP contribution is -2.25. The zero-order chi connectivity index (χ0) is 12.8. The Labute approximate surface area is 108 Å². The molecule has 0 radical (unpaired) electrons. The summed E-state index contributed by atoms with van der Waals surface area (Å²) in [6.45, 7) is 5.00. The summed E-state index contributed by atoms with van der Waals surface area (Å²) in [7, 11) is 0. The first kappa shape index (κ1) is 12.9. The Balaban J connectivity index is 1.99. The van der Waals surface area contributed by atoms with Crippen molar-refractivity contribution in [2.75, 3.05) is 24.5 Å². The Kier molecular flexibility index (Phi) is 4.56. The number of hydrogen-bond donors (Lipinski definition) is 1. The maximum atomic E-state index is 11.9. The van der Waals surface area contributed by atoms with Crippen molar-refractivity contribution >= 4 is 11.6 Å². The van der Waals surface area contributed by atoms with E-state index in [1.807, 2.05) is 12.3 Å². The third-order valence-electron chi connectivity index (χ3n) is 3.27. The fourth-order valence-electron chi connectivity index (χ4n) is 2.18. The van der Waals surface area contributed by atoms with Gasteiger partial charge in [0.15, 0.2) is 0 Å². The van der Waals surface area contributed by atoms with Crippen LogP contribution in [0, 0.1) is 0 Å². The first-order valence-corrected chi connectivity index (χ1v) is 6.79. The molecule has 1 saturated heterocycles. The van der Waals surface area contributed by atoms with Crippen LogP contribution in [-0.4, -0.2) is 30.5 Å². The molecular formula is C14H21N3O.